The zero-order valence-corrected chi connectivity index (χ0v) is 7.01. The van der Waals surface area contributed by atoms with Crippen molar-refractivity contribution in [2.45, 2.75) is 37.4 Å². The maximum Gasteiger partial charge on any atom is 0.453 e. The van der Waals surface area contributed by atoms with E-state index in [0.717, 1.165) is 0 Å². The van der Waals surface area contributed by atoms with Crippen LogP contribution in [-0.4, -0.2) is 24.1 Å². The molecule has 0 spiro atoms. The third kappa shape index (κ3) is 3.00. The van der Waals surface area contributed by atoms with Crippen molar-refractivity contribution < 1.29 is 30.7 Å². The molecule has 0 aliphatic carbocycles. The first-order valence-electron chi connectivity index (χ1n) is 3.42. The van der Waals surface area contributed by atoms with Gasteiger partial charge in [0.05, 0.1) is 5.54 Å². The summed E-state index contributed by atoms with van der Waals surface area (Å²) in [5.74, 6) is -5.20. The van der Waals surface area contributed by atoms with Crippen LogP contribution in [0.2, 0.25) is 0 Å². The van der Waals surface area contributed by atoms with Crippen LogP contribution in [-0.2, 0) is 0 Å². The molecule has 0 rings (SSSR count). The van der Waals surface area contributed by atoms with Gasteiger partial charge in [0.2, 0.25) is 0 Å². The fraction of sp³-hybridized carbons (Fsp3) is 1.00. The minimum atomic E-state index is -5.86. The predicted molar refractivity (Wildman–Crippen MR) is 34.2 cm³/mol. The summed E-state index contributed by atoms with van der Waals surface area (Å²) in [6.45, 7) is 0.442. The Morgan fingerprint density at radius 2 is 1.43 bits per heavy atom. The Labute approximate surface area is 75.1 Å². The van der Waals surface area contributed by atoms with E-state index in [1.807, 2.05) is 0 Å². The molecule has 1 atom stereocenters. The molecule has 2 N–H and O–H groups in total. The standard InChI is InChI=1S/C6H8F7N/c1-4(14,3(7)8)2-5(9,10)6(11,12)13/h3H,2,14H2,1H3. The minimum absolute atomic E-state index is 0.442. The summed E-state index contributed by atoms with van der Waals surface area (Å²) in [5, 5.41) is 0. The second kappa shape index (κ2) is 3.56. The Kier molecular flexibility index (Phi) is 3.42. The Balaban J connectivity index is 4.67. The smallest absolute Gasteiger partial charge is 0.320 e. The predicted octanol–water partition coefficient (Wildman–Crippen LogP) is 2.56. The molecule has 0 aliphatic heterocycles. The van der Waals surface area contributed by atoms with Gasteiger partial charge in [-0.2, -0.15) is 22.0 Å². The highest BCUT2D eigenvalue weighted by atomic mass is 19.4. The van der Waals surface area contributed by atoms with Crippen molar-refractivity contribution >= 4 is 0 Å². The van der Waals surface area contributed by atoms with Crippen molar-refractivity contribution in [2.75, 3.05) is 0 Å². The lowest BCUT2D eigenvalue weighted by Gasteiger charge is -2.29. The first-order valence-corrected chi connectivity index (χ1v) is 3.42. The molecule has 1 unspecified atom stereocenters. The molecule has 0 aromatic carbocycles. The number of halogens is 7. The van der Waals surface area contributed by atoms with Crippen molar-refractivity contribution in [3.05, 3.63) is 0 Å². The maximum atomic E-state index is 12.2. The highest BCUT2D eigenvalue weighted by Gasteiger charge is 2.60. The van der Waals surface area contributed by atoms with Crippen LogP contribution in [0.25, 0.3) is 0 Å². The minimum Gasteiger partial charge on any atom is -0.320 e. The molecule has 0 saturated heterocycles. The molecule has 0 heterocycles. The van der Waals surface area contributed by atoms with Crippen LogP contribution in [0.5, 0.6) is 0 Å². The lowest BCUT2D eigenvalue weighted by atomic mass is 9.95. The molecular formula is C6H8F7N. The number of alkyl halides is 7. The van der Waals surface area contributed by atoms with Crippen LogP contribution < -0.4 is 5.73 Å². The van der Waals surface area contributed by atoms with Crippen molar-refractivity contribution in [2.24, 2.45) is 5.73 Å². The molecule has 0 aliphatic rings. The van der Waals surface area contributed by atoms with Gasteiger partial charge in [0.1, 0.15) is 0 Å². The highest BCUT2D eigenvalue weighted by molar-refractivity contribution is 4.91. The van der Waals surface area contributed by atoms with Gasteiger partial charge in [-0.1, -0.05) is 0 Å². The maximum absolute atomic E-state index is 12.2. The molecule has 1 nitrogen and oxygen atoms in total. The number of nitrogens with two attached hydrogens (primary N) is 1. The summed E-state index contributed by atoms with van der Waals surface area (Å²) >= 11 is 0. The Hall–Kier alpha value is -0.530. The van der Waals surface area contributed by atoms with E-state index in [1.54, 1.807) is 0 Å². The van der Waals surface area contributed by atoms with Gasteiger partial charge in [-0.3, -0.25) is 0 Å². The van der Waals surface area contributed by atoms with Gasteiger partial charge in [0.25, 0.3) is 6.43 Å². The van der Waals surface area contributed by atoms with Crippen LogP contribution in [0.15, 0.2) is 0 Å². The first kappa shape index (κ1) is 13.5. The van der Waals surface area contributed by atoms with Crippen molar-refractivity contribution in [1.29, 1.82) is 0 Å². The summed E-state index contributed by atoms with van der Waals surface area (Å²) in [6, 6.07) is 0. The quantitative estimate of drug-likeness (QED) is 0.736. The van der Waals surface area contributed by atoms with E-state index in [4.69, 9.17) is 0 Å². The van der Waals surface area contributed by atoms with E-state index in [-0.39, 0.29) is 0 Å². The molecule has 14 heavy (non-hydrogen) atoms. The zero-order valence-electron chi connectivity index (χ0n) is 7.01. The Bertz CT molecular complexity index is 195. The number of rotatable bonds is 3. The van der Waals surface area contributed by atoms with Crippen LogP contribution in [0.3, 0.4) is 0 Å². The van der Waals surface area contributed by atoms with E-state index in [9.17, 15) is 30.7 Å². The third-order valence-electron chi connectivity index (χ3n) is 1.52. The molecule has 8 heteroatoms. The van der Waals surface area contributed by atoms with Gasteiger partial charge in [-0.15, -0.1) is 0 Å². The normalized spacial score (nSPS) is 18.4. The fourth-order valence-electron chi connectivity index (χ4n) is 0.656. The average molecular weight is 227 g/mol. The van der Waals surface area contributed by atoms with Gasteiger partial charge in [-0.25, -0.2) is 8.78 Å². The van der Waals surface area contributed by atoms with E-state index in [1.165, 1.54) is 0 Å². The van der Waals surface area contributed by atoms with E-state index in [2.05, 4.69) is 5.73 Å². The van der Waals surface area contributed by atoms with Crippen LogP contribution in [0.1, 0.15) is 13.3 Å². The Morgan fingerprint density at radius 3 is 1.64 bits per heavy atom. The van der Waals surface area contributed by atoms with Crippen molar-refractivity contribution in [3.8, 4) is 0 Å². The van der Waals surface area contributed by atoms with Gasteiger partial charge in [0, 0.05) is 6.42 Å². The second-order valence-corrected chi connectivity index (χ2v) is 3.19. The average Bonchev–Trinajstić information content (AvgIpc) is 1.80. The molecule has 0 saturated carbocycles. The molecule has 86 valence electrons. The SMILES string of the molecule is CC(N)(CC(F)(F)C(F)(F)F)C(F)F. The lowest BCUT2D eigenvalue weighted by molar-refractivity contribution is -0.291. The van der Waals surface area contributed by atoms with E-state index >= 15 is 0 Å². The summed E-state index contributed by atoms with van der Waals surface area (Å²) < 4.78 is 83.0. The van der Waals surface area contributed by atoms with E-state index in [0.29, 0.717) is 6.92 Å². The Morgan fingerprint density at radius 1 is 1.07 bits per heavy atom. The molecule has 0 aromatic heterocycles. The fourth-order valence-corrected chi connectivity index (χ4v) is 0.656. The van der Waals surface area contributed by atoms with E-state index < -0.39 is 30.5 Å². The summed E-state index contributed by atoms with van der Waals surface area (Å²) in [4.78, 5) is 0. The molecule has 0 amide bonds. The summed E-state index contributed by atoms with van der Waals surface area (Å²) in [6.07, 6.45) is -11.4. The van der Waals surface area contributed by atoms with Gasteiger partial charge in [-0.05, 0) is 6.92 Å². The third-order valence-corrected chi connectivity index (χ3v) is 1.52. The van der Waals surface area contributed by atoms with Gasteiger partial charge < -0.3 is 5.73 Å². The molecule has 0 bridgehead atoms. The van der Waals surface area contributed by atoms with Crippen molar-refractivity contribution in [1.82, 2.24) is 0 Å². The van der Waals surface area contributed by atoms with Crippen molar-refractivity contribution in [3.63, 3.8) is 0 Å². The highest BCUT2D eigenvalue weighted by Crippen LogP contribution is 2.41. The molecule has 0 aromatic rings. The number of hydrogen-bond donors (Lipinski definition) is 1. The summed E-state index contributed by atoms with van der Waals surface area (Å²) in [7, 11) is 0. The topological polar surface area (TPSA) is 26.0 Å². The molecule has 0 radical (unpaired) electrons. The second-order valence-electron chi connectivity index (χ2n) is 3.19. The molecule has 0 fully saturated rings. The largest absolute Gasteiger partial charge is 0.453 e. The monoisotopic (exact) mass is 227 g/mol. The van der Waals surface area contributed by atoms with Gasteiger partial charge >= 0.3 is 12.1 Å². The van der Waals surface area contributed by atoms with Crippen LogP contribution in [0, 0.1) is 0 Å². The first-order chi connectivity index (χ1) is 5.90. The summed E-state index contributed by atoms with van der Waals surface area (Å²) in [5.41, 5.74) is 1.75. The lowest BCUT2D eigenvalue weighted by Crippen LogP contribution is -2.52. The molecular weight excluding hydrogens is 219 g/mol. The zero-order chi connectivity index (χ0) is 11.8. The number of hydrogen-bond acceptors (Lipinski definition) is 1. The van der Waals surface area contributed by atoms with Gasteiger partial charge in [0.15, 0.2) is 0 Å². The van der Waals surface area contributed by atoms with Crippen LogP contribution >= 0.6 is 0 Å². The van der Waals surface area contributed by atoms with Crippen LogP contribution in [0.4, 0.5) is 30.7 Å².